The van der Waals surface area contributed by atoms with E-state index in [1.165, 1.54) is 9.47 Å². The Balaban J connectivity index is 1.94. The van der Waals surface area contributed by atoms with E-state index in [0.717, 1.165) is 11.1 Å². The van der Waals surface area contributed by atoms with Gasteiger partial charge < -0.3 is 15.4 Å². The molecule has 9 heteroatoms. The Kier molecular flexibility index (Phi) is 8.17. The van der Waals surface area contributed by atoms with E-state index in [1.807, 2.05) is 51.1 Å². The average Bonchev–Trinajstić information content (AvgIpc) is 2.79. The Morgan fingerprint density at radius 3 is 2.53 bits per heavy atom. The van der Waals surface area contributed by atoms with Crippen LogP contribution in [0.5, 0.6) is 5.75 Å². The zero-order valence-corrected chi connectivity index (χ0v) is 20.3. The van der Waals surface area contributed by atoms with Gasteiger partial charge in [0.15, 0.2) is 12.3 Å². The zero-order valence-electron chi connectivity index (χ0n) is 19.5. The van der Waals surface area contributed by atoms with Crippen LogP contribution < -0.4 is 26.6 Å². The largest absolute Gasteiger partial charge is 0.484 e. The van der Waals surface area contributed by atoms with E-state index in [4.69, 9.17) is 22.1 Å². The third-order valence-electron chi connectivity index (χ3n) is 5.39. The number of ether oxygens (including phenoxy) is 1. The first-order valence-corrected chi connectivity index (χ1v) is 11.4. The number of rotatable bonds is 9. The van der Waals surface area contributed by atoms with Gasteiger partial charge in [0.25, 0.3) is 11.5 Å². The number of benzene rings is 2. The summed E-state index contributed by atoms with van der Waals surface area (Å²) in [5, 5.41) is 0.595. The maximum atomic E-state index is 13.2. The van der Waals surface area contributed by atoms with Crippen LogP contribution in [0.4, 0.5) is 11.5 Å². The lowest BCUT2D eigenvalue weighted by atomic mass is 10.1. The van der Waals surface area contributed by atoms with Crippen molar-refractivity contribution in [2.24, 2.45) is 5.92 Å². The van der Waals surface area contributed by atoms with Gasteiger partial charge in [-0.05, 0) is 48.6 Å². The van der Waals surface area contributed by atoms with Crippen molar-refractivity contribution in [1.29, 1.82) is 0 Å². The van der Waals surface area contributed by atoms with E-state index in [9.17, 15) is 14.4 Å². The van der Waals surface area contributed by atoms with E-state index in [1.54, 1.807) is 18.2 Å². The van der Waals surface area contributed by atoms with Crippen LogP contribution in [0.25, 0.3) is 0 Å². The number of hydrogen-bond acceptors (Lipinski definition) is 5. The van der Waals surface area contributed by atoms with Gasteiger partial charge in [-0.2, -0.15) is 0 Å². The number of nitrogen functional groups attached to an aromatic ring is 1. The first-order valence-electron chi connectivity index (χ1n) is 11.0. The van der Waals surface area contributed by atoms with Crippen LogP contribution in [0, 0.1) is 12.8 Å². The maximum absolute atomic E-state index is 13.2. The molecule has 1 amide bonds. The second-order valence-electron chi connectivity index (χ2n) is 8.49. The lowest BCUT2D eigenvalue weighted by molar-refractivity contribution is -0.120. The van der Waals surface area contributed by atoms with E-state index in [-0.39, 0.29) is 37.1 Å². The van der Waals surface area contributed by atoms with E-state index in [2.05, 4.69) is 4.98 Å². The highest BCUT2D eigenvalue weighted by molar-refractivity contribution is 6.31. The molecule has 0 saturated heterocycles. The molecular formula is C25H29ClN4O4. The van der Waals surface area contributed by atoms with Crippen LogP contribution in [0.15, 0.2) is 58.1 Å². The smallest absolute Gasteiger partial charge is 0.330 e. The number of nitrogens with zero attached hydrogens (tertiary/aromatic N) is 2. The molecule has 0 fully saturated rings. The highest BCUT2D eigenvalue weighted by Crippen LogP contribution is 2.22. The topological polar surface area (TPSA) is 110 Å². The van der Waals surface area contributed by atoms with Gasteiger partial charge >= 0.3 is 5.69 Å². The monoisotopic (exact) mass is 484 g/mol. The van der Waals surface area contributed by atoms with Crippen molar-refractivity contribution in [3.8, 4) is 5.75 Å². The lowest BCUT2D eigenvalue weighted by Gasteiger charge is -2.25. The summed E-state index contributed by atoms with van der Waals surface area (Å²) in [7, 11) is 0. The number of nitrogens with one attached hydrogen (secondary N) is 1. The van der Waals surface area contributed by atoms with E-state index >= 15 is 0 Å². The Hall–Kier alpha value is -3.52. The van der Waals surface area contributed by atoms with E-state index < -0.39 is 17.2 Å². The Morgan fingerprint density at radius 1 is 1.18 bits per heavy atom. The third kappa shape index (κ3) is 6.08. The molecule has 3 rings (SSSR count). The molecule has 0 aliphatic rings. The van der Waals surface area contributed by atoms with Crippen LogP contribution in [-0.4, -0.2) is 28.6 Å². The summed E-state index contributed by atoms with van der Waals surface area (Å²) in [5.74, 6) is 0.230. The van der Waals surface area contributed by atoms with E-state index in [0.29, 0.717) is 17.2 Å². The molecule has 0 radical (unpaired) electrons. The number of nitrogens with two attached hydrogens (primary N) is 1. The minimum Gasteiger partial charge on any atom is -0.484 e. The fourth-order valence-electron chi connectivity index (χ4n) is 3.44. The molecule has 0 spiro atoms. The summed E-state index contributed by atoms with van der Waals surface area (Å²) in [6.07, 6.45) is 0.627. The molecule has 2 aromatic carbocycles. The predicted octanol–water partition coefficient (Wildman–Crippen LogP) is 3.59. The quantitative estimate of drug-likeness (QED) is 0.482. The number of aromatic nitrogens is 2. The first-order chi connectivity index (χ1) is 16.2. The van der Waals surface area contributed by atoms with Crippen molar-refractivity contribution in [1.82, 2.24) is 9.55 Å². The first kappa shape index (κ1) is 25.1. The molecule has 3 aromatic rings. The molecule has 1 aromatic heterocycles. The number of halogens is 1. The summed E-state index contributed by atoms with van der Waals surface area (Å²) >= 11 is 6.05. The van der Waals surface area contributed by atoms with Crippen LogP contribution in [0.3, 0.4) is 0 Å². The predicted molar refractivity (Wildman–Crippen MR) is 135 cm³/mol. The summed E-state index contributed by atoms with van der Waals surface area (Å²) in [6.45, 7) is 5.95. The van der Waals surface area contributed by atoms with Crippen LogP contribution >= 0.6 is 11.6 Å². The number of aryl methyl sites for hydroxylation is 1. The number of amides is 1. The minimum absolute atomic E-state index is 0.0583. The molecule has 0 bridgehead atoms. The molecule has 0 atom stereocenters. The van der Waals surface area contributed by atoms with Crippen LogP contribution in [0.1, 0.15) is 31.4 Å². The van der Waals surface area contributed by atoms with Crippen LogP contribution in [0.2, 0.25) is 5.02 Å². The summed E-state index contributed by atoms with van der Waals surface area (Å²) in [6, 6.07) is 14.3. The highest BCUT2D eigenvalue weighted by atomic mass is 35.5. The second kappa shape index (κ2) is 11.1. The van der Waals surface area contributed by atoms with Gasteiger partial charge in [0.05, 0.1) is 6.54 Å². The molecule has 8 nitrogen and oxygen atoms in total. The second-order valence-corrected chi connectivity index (χ2v) is 8.90. The summed E-state index contributed by atoms with van der Waals surface area (Å²) in [4.78, 5) is 42.2. The SMILES string of the molecule is Cc1cc(OCC(=O)N(CCC(C)C)c2c(N)n(Cc3ccccc3)c(=O)[nH]c2=O)ccc1Cl. The number of anilines is 2. The number of aromatic amines is 1. The number of hydrogen-bond donors (Lipinski definition) is 2. The van der Waals surface area contributed by atoms with Gasteiger partial charge in [-0.15, -0.1) is 0 Å². The number of carbonyl (C=O) groups is 1. The molecule has 3 N–H and O–H groups in total. The average molecular weight is 485 g/mol. The number of H-pyrrole nitrogens is 1. The molecule has 1 heterocycles. The van der Waals surface area contributed by atoms with Gasteiger partial charge in [-0.3, -0.25) is 19.1 Å². The zero-order chi connectivity index (χ0) is 24.8. The minimum atomic E-state index is -0.716. The molecule has 0 saturated carbocycles. The van der Waals surface area contributed by atoms with Gasteiger partial charge in [0, 0.05) is 11.6 Å². The third-order valence-corrected chi connectivity index (χ3v) is 5.81. The van der Waals surface area contributed by atoms with Crippen molar-refractivity contribution in [2.45, 2.75) is 33.7 Å². The fourth-order valence-corrected chi connectivity index (χ4v) is 3.56. The Morgan fingerprint density at radius 2 is 1.88 bits per heavy atom. The van der Waals surface area contributed by atoms with Crippen LogP contribution in [-0.2, 0) is 11.3 Å². The molecule has 0 unspecified atom stereocenters. The van der Waals surface area contributed by atoms with Crippen molar-refractivity contribution >= 4 is 29.0 Å². The van der Waals surface area contributed by atoms with Crippen molar-refractivity contribution in [3.05, 3.63) is 85.5 Å². The molecular weight excluding hydrogens is 456 g/mol. The standard InChI is InChI=1S/C25H29ClN4O4/c1-16(2)11-12-29(21(31)15-34-19-9-10-20(26)17(3)13-19)22-23(27)30(25(33)28-24(22)32)14-18-7-5-4-6-8-18/h4-10,13,16H,11-12,14-15,27H2,1-3H3,(H,28,32,33). The molecule has 180 valence electrons. The van der Waals surface area contributed by atoms with Crippen molar-refractivity contribution in [3.63, 3.8) is 0 Å². The summed E-state index contributed by atoms with van der Waals surface area (Å²) < 4.78 is 6.93. The normalized spacial score (nSPS) is 11.0. The Bertz CT molecular complexity index is 1270. The summed E-state index contributed by atoms with van der Waals surface area (Å²) in [5.41, 5.74) is 6.55. The van der Waals surface area contributed by atoms with Gasteiger partial charge in [0.1, 0.15) is 11.6 Å². The molecule has 34 heavy (non-hydrogen) atoms. The van der Waals surface area contributed by atoms with Crippen molar-refractivity contribution < 1.29 is 9.53 Å². The van der Waals surface area contributed by atoms with Gasteiger partial charge in [-0.25, -0.2) is 4.79 Å². The van der Waals surface area contributed by atoms with Gasteiger partial charge in [0.2, 0.25) is 0 Å². The van der Waals surface area contributed by atoms with Crippen molar-refractivity contribution in [2.75, 3.05) is 23.8 Å². The molecule has 0 aliphatic heterocycles. The number of carbonyl (C=O) groups excluding carboxylic acids is 1. The maximum Gasteiger partial charge on any atom is 0.330 e. The fraction of sp³-hybridized carbons (Fsp3) is 0.320. The lowest BCUT2D eigenvalue weighted by Crippen LogP contribution is -2.43. The molecule has 0 aliphatic carbocycles. The highest BCUT2D eigenvalue weighted by Gasteiger charge is 2.25. The van der Waals surface area contributed by atoms with Gasteiger partial charge in [-0.1, -0.05) is 55.8 Å². The Labute approximate surface area is 202 Å².